The molecule has 1 aromatic carbocycles. The number of hydrogen-bond donors (Lipinski definition) is 1. The summed E-state index contributed by atoms with van der Waals surface area (Å²) in [5, 5.41) is 0.910. The van der Waals surface area contributed by atoms with Gasteiger partial charge in [-0.15, -0.1) is 11.3 Å². The first kappa shape index (κ1) is 12.2. The Kier molecular flexibility index (Phi) is 2.78. The molecule has 1 aliphatic heterocycles. The highest BCUT2D eigenvalue weighted by Crippen LogP contribution is 2.35. The first-order chi connectivity index (χ1) is 9.06. The summed E-state index contributed by atoms with van der Waals surface area (Å²) >= 11 is 1.44. The van der Waals surface area contributed by atoms with Crippen LogP contribution in [-0.4, -0.2) is 16.9 Å². The van der Waals surface area contributed by atoms with Gasteiger partial charge >= 0.3 is 0 Å². The Morgan fingerprint density at radius 2 is 2.32 bits per heavy atom. The number of nitrogens with two attached hydrogens (primary N) is 1. The third-order valence-corrected chi connectivity index (χ3v) is 4.27. The molecule has 2 aromatic rings. The summed E-state index contributed by atoms with van der Waals surface area (Å²) in [4.78, 5) is 19.3. The van der Waals surface area contributed by atoms with Crippen LogP contribution in [0, 0.1) is 6.92 Å². The number of amides is 1. The fourth-order valence-corrected chi connectivity index (χ4v) is 3.25. The number of benzene rings is 1. The lowest BCUT2D eigenvalue weighted by molar-refractivity contribution is 0.0985. The van der Waals surface area contributed by atoms with E-state index < -0.39 is 0 Å². The summed E-state index contributed by atoms with van der Waals surface area (Å²) in [7, 11) is 0. The molecular formula is C14H15N3OS. The van der Waals surface area contributed by atoms with E-state index in [4.69, 9.17) is 5.73 Å². The minimum absolute atomic E-state index is 0.0293. The number of hydrogen-bond acceptors (Lipinski definition) is 4. The van der Waals surface area contributed by atoms with Crippen molar-refractivity contribution >= 4 is 28.6 Å². The molecule has 0 fully saturated rings. The van der Waals surface area contributed by atoms with Crippen LogP contribution in [-0.2, 0) is 6.42 Å². The number of anilines is 2. The number of aromatic nitrogens is 1. The second-order valence-electron chi connectivity index (χ2n) is 4.86. The molecule has 0 aliphatic carbocycles. The fourth-order valence-electron chi connectivity index (χ4n) is 2.54. The molecule has 1 atom stereocenters. The molecule has 0 bridgehead atoms. The van der Waals surface area contributed by atoms with Crippen molar-refractivity contribution in [1.82, 2.24) is 4.98 Å². The number of carbonyl (C=O) groups is 1. The van der Waals surface area contributed by atoms with Gasteiger partial charge in [-0.25, -0.2) is 4.98 Å². The molecule has 1 aliphatic rings. The summed E-state index contributed by atoms with van der Waals surface area (Å²) < 4.78 is 0. The Morgan fingerprint density at radius 3 is 3.00 bits per heavy atom. The molecule has 5 heteroatoms. The molecule has 19 heavy (non-hydrogen) atoms. The number of thiazole rings is 1. The molecule has 4 nitrogen and oxygen atoms in total. The molecule has 1 amide bonds. The molecule has 0 saturated heterocycles. The van der Waals surface area contributed by atoms with E-state index in [1.54, 1.807) is 6.20 Å². The van der Waals surface area contributed by atoms with Gasteiger partial charge in [-0.05, 0) is 44.0 Å². The molecule has 1 unspecified atom stereocenters. The average molecular weight is 273 g/mol. The van der Waals surface area contributed by atoms with Gasteiger partial charge in [0.1, 0.15) is 4.88 Å². The van der Waals surface area contributed by atoms with Crippen molar-refractivity contribution in [2.45, 2.75) is 26.3 Å². The fraction of sp³-hybridized carbons (Fsp3) is 0.286. The van der Waals surface area contributed by atoms with Gasteiger partial charge in [0.15, 0.2) is 0 Å². The van der Waals surface area contributed by atoms with Crippen molar-refractivity contribution in [3.63, 3.8) is 0 Å². The Balaban J connectivity index is 2.00. The zero-order valence-electron chi connectivity index (χ0n) is 10.9. The summed E-state index contributed by atoms with van der Waals surface area (Å²) in [6, 6.07) is 5.89. The van der Waals surface area contributed by atoms with Gasteiger partial charge in [0.2, 0.25) is 0 Å². The topological polar surface area (TPSA) is 59.2 Å². The van der Waals surface area contributed by atoms with Crippen molar-refractivity contribution in [3.8, 4) is 0 Å². The SMILES string of the molecule is Cc1ncc(C(=O)N2c3ccc(N)cc3CC2C)s1. The van der Waals surface area contributed by atoms with Crippen molar-refractivity contribution < 1.29 is 4.79 Å². The van der Waals surface area contributed by atoms with E-state index in [0.717, 1.165) is 28.4 Å². The Morgan fingerprint density at radius 1 is 1.53 bits per heavy atom. The van der Waals surface area contributed by atoms with Gasteiger partial charge in [0.25, 0.3) is 5.91 Å². The van der Waals surface area contributed by atoms with Crippen molar-refractivity contribution in [2.24, 2.45) is 0 Å². The largest absolute Gasteiger partial charge is 0.399 e. The lowest BCUT2D eigenvalue weighted by atomic mass is 10.1. The van der Waals surface area contributed by atoms with Gasteiger partial charge in [-0.3, -0.25) is 4.79 Å². The molecule has 0 saturated carbocycles. The monoisotopic (exact) mass is 273 g/mol. The summed E-state index contributed by atoms with van der Waals surface area (Å²) in [6.07, 6.45) is 2.51. The highest BCUT2D eigenvalue weighted by atomic mass is 32.1. The summed E-state index contributed by atoms with van der Waals surface area (Å²) in [5.41, 5.74) is 8.66. The number of nitrogens with zero attached hydrogens (tertiary/aromatic N) is 2. The highest BCUT2D eigenvalue weighted by molar-refractivity contribution is 7.13. The van der Waals surface area contributed by atoms with Crippen LogP contribution in [0.2, 0.25) is 0 Å². The Labute approximate surface area is 115 Å². The van der Waals surface area contributed by atoms with Crippen LogP contribution in [0.15, 0.2) is 24.4 Å². The molecule has 0 radical (unpaired) electrons. The lowest BCUT2D eigenvalue weighted by Crippen LogP contribution is -2.35. The van der Waals surface area contributed by atoms with Crippen LogP contribution in [0.3, 0.4) is 0 Å². The van der Waals surface area contributed by atoms with Crippen LogP contribution in [0.25, 0.3) is 0 Å². The van der Waals surface area contributed by atoms with Gasteiger partial charge in [-0.1, -0.05) is 0 Å². The maximum atomic E-state index is 12.6. The first-order valence-electron chi connectivity index (χ1n) is 6.20. The van der Waals surface area contributed by atoms with Crippen molar-refractivity contribution in [2.75, 3.05) is 10.6 Å². The molecular weight excluding hydrogens is 258 g/mol. The third kappa shape index (κ3) is 2.00. The number of carbonyl (C=O) groups excluding carboxylic acids is 1. The molecule has 98 valence electrons. The van der Waals surface area contributed by atoms with E-state index in [0.29, 0.717) is 4.88 Å². The van der Waals surface area contributed by atoms with E-state index >= 15 is 0 Å². The van der Waals surface area contributed by atoms with Gasteiger partial charge in [0, 0.05) is 17.4 Å². The second-order valence-corrected chi connectivity index (χ2v) is 6.09. The molecule has 3 rings (SSSR count). The number of rotatable bonds is 1. The molecule has 2 N–H and O–H groups in total. The predicted molar refractivity (Wildman–Crippen MR) is 77.7 cm³/mol. The normalized spacial score (nSPS) is 17.6. The Hall–Kier alpha value is -1.88. The van der Waals surface area contributed by atoms with Crippen LogP contribution in [0.1, 0.15) is 27.2 Å². The zero-order chi connectivity index (χ0) is 13.6. The lowest BCUT2D eigenvalue weighted by Gasteiger charge is -2.21. The van der Waals surface area contributed by atoms with Gasteiger partial charge in [0.05, 0.1) is 11.2 Å². The molecule has 1 aromatic heterocycles. The van der Waals surface area contributed by atoms with E-state index in [-0.39, 0.29) is 11.9 Å². The Bertz CT molecular complexity index is 650. The summed E-state index contributed by atoms with van der Waals surface area (Å²) in [6.45, 7) is 3.96. The van der Waals surface area contributed by atoms with E-state index in [9.17, 15) is 4.79 Å². The number of nitrogen functional groups attached to an aromatic ring is 1. The smallest absolute Gasteiger partial charge is 0.270 e. The van der Waals surface area contributed by atoms with Crippen LogP contribution in [0.4, 0.5) is 11.4 Å². The minimum atomic E-state index is 0.0293. The summed E-state index contributed by atoms with van der Waals surface area (Å²) in [5.74, 6) is 0.0293. The predicted octanol–water partition coefficient (Wildman–Crippen LogP) is 2.63. The minimum Gasteiger partial charge on any atom is -0.399 e. The maximum absolute atomic E-state index is 12.6. The van der Waals surface area contributed by atoms with Crippen LogP contribution >= 0.6 is 11.3 Å². The zero-order valence-corrected chi connectivity index (χ0v) is 11.7. The molecule has 0 spiro atoms. The standard InChI is InChI=1S/C14H15N3OS/c1-8-5-10-6-11(15)3-4-12(10)17(8)14(18)13-7-16-9(2)19-13/h3-4,6-8H,5,15H2,1-2H3. The van der Waals surface area contributed by atoms with Crippen molar-refractivity contribution in [1.29, 1.82) is 0 Å². The van der Waals surface area contributed by atoms with Crippen molar-refractivity contribution in [3.05, 3.63) is 39.8 Å². The number of aryl methyl sites for hydroxylation is 1. The van der Waals surface area contributed by atoms with Crippen LogP contribution < -0.4 is 10.6 Å². The molecule has 2 heterocycles. The second kappa shape index (κ2) is 4.35. The van der Waals surface area contributed by atoms with E-state index in [2.05, 4.69) is 11.9 Å². The number of fused-ring (bicyclic) bond motifs is 1. The van der Waals surface area contributed by atoms with Gasteiger partial charge < -0.3 is 10.6 Å². The highest BCUT2D eigenvalue weighted by Gasteiger charge is 2.32. The third-order valence-electron chi connectivity index (χ3n) is 3.37. The van der Waals surface area contributed by atoms with Crippen LogP contribution in [0.5, 0.6) is 0 Å². The van der Waals surface area contributed by atoms with Gasteiger partial charge in [-0.2, -0.15) is 0 Å². The average Bonchev–Trinajstić information content (AvgIpc) is 2.91. The first-order valence-corrected chi connectivity index (χ1v) is 7.02. The van der Waals surface area contributed by atoms with E-state index in [1.807, 2.05) is 30.0 Å². The quantitative estimate of drug-likeness (QED) is 0.813. The maximum Gasteiger partial charge on any atom is 0.270 e. The van der Waals surface area contributed by atoms with E-state index in [1.165, 1.54) is 11.3 Å².